The molecule has 0 atom stereocenters. The Kier molecular flexibility index (Phi) is 7.87. The Hall–Kier alpha value is -4.02. The van der Waals surface area contributed by atoms with Crippen LogP contribution in [0.3, 0.4) is 0 Å². The lowest BCUT2D eigenvalue weighted by atomic mass is 10.2. The summed E-state index contributed by atoms with van der Waals surface area (Å²) < 4.78 is 53.4. The van der Waals surface area contributed by atoms with Crippen molar-refractivity contribution in [3.05, 3.63) is 47.9 Å². The van der Waals surface area contributed by atoms with Crippen LogP contribution in [0, 0.1) is 11.5 Å². The van der Waals surface area contributed by atoms with E-state index < -0.39 is 18.1 Å². The van der Waals surface area contributed by atoms with Crippen LogP contribution in [0.2, 0.25) is 18.1 Å². The predicted octanol–water partition coefficient (Wildman–Crippen LogP) is 4.69. The lowest BCUT2D eigenvalue weighted by molar-refractivity contribution is 0.373. The molecule has 0 fully saturated rings. The number of anilines is 1. The van der Waals surface area contributed by atoms with Gasteiger partial charge in [-0.1, -0.05) is 44.9 Å². The van der Waals surface area contributed by atoms with Gasteiger partial charge >= 0.3 is 0 Å². The van der Waals surface area contributed by atoms with Crippen LogP contribution < -0.4 is 18.9 Å². The van der Waals surface area contributed by atoms with Gasteiger partial charge in [0, 0.05) is 24.0 Å². The number of nitrogens with zero attached hydrogens (tertiary/aromatic N) is 4. The molecule has 13 heteroatoms. The monoisotopic (exact) mass is 583 g/mol. The normalized spacial score (nSPS) is 12.1. The van der Waals surface area contributed by atoms with Gasteiger partial charge in [-0.15, -0.1) is 5.54 Å². The minimum Gasteiger partial charge on any atom is -0.495 e. The summed E-state index contributed by atoms with van der Waals surface area (Å²) in [4.78, 5) is 4.29. The van der Waals surface area contributed by atoms with Crippen LogP contribution in [-0.4, -0.2) is 57.7 Å². The van der Waals surface area contributed by atoms with Crippen molar-refractivity contribution < 1.29 is 27.2 Å². The molecule has 0 aliphatic rings. The van der Waals surface area contributed by atoms with Gasteiger partial charge in [-0.2, -0.15) is 5.10 Å². The fraction of sp³-hybridized carbons (Fsp3) is 0.370. The third kappa shape index (κ3) is 5.78. The van der Waals surface area contributed by atoms with Gasteiger partial charge in [-0.3, -0.25) is 9.40 Å². The van der Waals surface area contributed by atoms with E-state index in [0.717, 1.165) is 0 Å². The maximum atomic E-state index is 13.7. The largest absolute Gasteiger partial charge is 0.495 e. The van der Waals surface area contributed by atoms with E-state index >= 15 is 0 Å². The molecule has 3 aromatic heterocycles. The van der Waals surface area contributed by atoms with Crippen molar-refractivity contribution in [1.82, 2.24) is 19.9 Å². The average Bonchev–Trinajstić information content (AvgIpc) is 3.55. The van der Waals surface area contributed by atoms with Crippen LogP contribution in [0.25, 0.3) is 11.0 Å². The molecule has 0 spiro atoms. The molecule has 212 valence electrons. The Morgan fingerprint density at radius 1 is 1.07 bits per heavy atom. The molecule has 0 aliphatic heterocycles. The van der Waals surface area contributed by atoms with Gasteiger partial charge in [0.2, 0.25) is 5.88 Å². The maximum absolute atomic E-state index is 13.7. The predicted molar refractivity (Wildman–Crippen MR) is 154 cm³/mol. The molecule has 0 saturated carbocycles. The van der Waals surface area contributed by atoms with Crippen molar-refractivity contribution in [2.24, 2.45) is 0 Å². The van der Waals surface area contributed by atoms with E-state index in [1.165, 1.54) is 21.3 Å². The second kappa shape index (κ2) is 10.9. The van der Waals surface area contributed by atoms with Gasteiger partial charge in [0.05, 0.1) is 33.6 Å². The van der Waals surface area contributed by atoms with E-state index in [0.29, 0.717) is 23.4 Å². The van der Waals surface area contributed by atoms with Crippen molar-refractivity contribution in [2.45, 2.75) is 50.3 Å². The molecule has 0 amide bonds. The highest BCUT2D eigenvalue weighted by atomic mass is 32.2. The smallest absolute Gasteiger partial charge is 0.270 e. The van der Waals surface area contributed by atoms with Crippen molar-refractivity contribution in [1.29, 1.82) is 0 Å². The van der Waals surface area contributed by atoms with Crippen molar-refractivity contribution in [2.75, 3.05) is 26.1 Å². The van der Waals surface area contributed by atoms with Crippen molar-refractivity contribution in [3.63, 3.8) is 0 Å². The fourth-order valence-corrected chi connectivity index (χ4v) is 5.79. The molecule has 0 unspecified atom stereocenters. The molecular formula is C27H33N5O6SSi. The van der Waals surface area contributed by atoms with Crippen molar-refractivity contribution >= 4 is 34.9 Å². The summed E-state index contributed by atoms with van der Waals surface area (Å²) in [7, 11) is -1.98. The summed E-state index contributed by atoms with van der Waals surface area (Å²) in [6.45, 7) is 11.3. The maximum Gasteiger partial charge on any atom is 0.270 e. The number of fused-ring (bicyclic) bond motifs is 1. The summed E-state index contributed by atoms with van der Waals surface area (Å²) in [5.41, 5.74) is 4.90. The molecule has 0 saturated heterocycles. The minimum atomic E-state index is -4.28. The molecule has 0 bridgehead atoms. The molecule has 3 heterocycles. The van der Waals surface area contributed by atoms with E-state index in [2.05, 4.69) is 65.3 Å². The van der Waals surface area contributed by atoms with Crippen molar-refractivity contribution in [3.8, 4) is 28.8 Å². The first-order valence-corrected chi connectivity index (χ1v) is 16.9. The Bertz CT molecular complexity index is 1670. The Labute approximate surface area is 234 Å². The van der Waals surface area contributed by atoms with Gasteiger partial charge < -0.3 is 18.7 Å². The molecule has 1 aromatic carbocycles. The molecule has 1 N–H and O–H groups in total. The number of rotatable bonds is 8. The SMILES string of the molecule is COc1cc(C#C[Si](C)(C)C(C)(C)C)cc(OC)c1S(=O)(=O)Nc1noc2cc(Cn3cccn3)nc(OC)c12. The highest BCUT2D eigenvalue weighted by molar-refractivity contribution is 7.93. The first-order valence-electron chi connectivity index (χ1n) is 12.4. The first-order chi connectivity index (χ1) is 18.8. The number of nitrogens with one attached hydrogen (secondary N) is 1. The highest BCUT2D eigenvalue weighted by Gasteiger charge is 2.34. The number of methoxy groups -OCH3 is 3. The van der Waals surface area contributed by atoms with Gasteiger partial charge in [0.25, 0.3) is 10.0 Å². The zero-order chi connectivity index (χ0) is 29.3. The summed E-state index contributed by atoms with van der Waals surface area (Å²) in [6, 6.07) is 6.62. The number of hydrogen-bond donors (Lipinski definition) is 1. The molecule has 0 aliphatic carbocycles. The number of benzene rings is 1. The lowest BCUT2D eigenvalue weighted by Crippen LogP contribution is -2.35. The summed E-state index contributed by atoms with van der Waals surface area (Å²) in [5, 5.41) is 8.46. The number of sulfonamides is 1. The molecule has 40 heavy (non-hydrogen) atoms. The van der Waals surface area contributed by atoms with Gasteiger partial charge in [-0.25, -0.2) is 13.4 Å². The Balaban J connectivity index is 1.73. The third-order valence-electron chi connectivity index (χ3n) is 6.91. The Morgan fingerprint density at radius 3 is 2.30 bits per heavy atom. The average molecular weight is 584 g/mol. The van der Waals surface area contributed by atoms with Crippen LogP contribution in [0.15, 0.2) is 46.1 Å². The topological polar surface area (TPSA) is 131 Å². The van der Waals surface area contributed by atoms with Crippen LogP contribution in [0.1, 0.15) is 32.0 Å². The number of pyridine rings is 1. The molecular weight excluding hydrogens is 550 g/mol. The minimum absolute atomic E-state index is 0.0670. The van der Waals surface area contributed by atoms with E-state index in [1.54, 1.807) is 41.3 Å². The summed E-state index contributed by atoms with van der Waals surface area (Å²) >= 11 is 0. The van der Waals surface area contributed by atoms with Gasteiger partial charge in [-0.05, 0) is 23.2 Å². The van der Waals surface area contributed by atoms with Crippen LogP contribution >= 0.6 is 0 Å². The second-order valence-corrected chi connectivity index (χ2v) is 17.3. The zero-order valence-electron chi connectivity index (χ0n) is 23.8. The molecule has 4 rings (SSSR count). The van der Waals surface area contributed by atoms with E-state index in [4.69, 9.17) is 18.7 Å². The van der Waals surface area contributed by atoms with Crippen LogP contribution in [-0.2, 0) is 16.6 Å². The molecule has 11 nitrogen and oxygen atoms in total. The number of hydrogen-bond acceptors (Lipinski definition) is 9. The summed E-state index contributed by atoms with van der Waals surface area (Å²) in [5.74, 6) is 3.41. The standard InChI is InChI=1S/C27H33N5O6SSi/c1-27(2,3)40(7,8)13-10-18-14-21(35-4)24(22(15-18)36-5)39(33,34)31-25-23-20(38-30-25)16-19(29-26(23)37-6)17-32-12-9-11-28-32/h9,11-12,14-16H,17H2,1-8H3,(H,30,31). The second-order valence-electron chi connectivity index (χ2n) is 10.7. The number of aromatic nitrogens is 4. The highest BCUT2D eigenvalue weighted by Crippen LogP contribution is 2.39. The Morgan fingerprint density at radius 2 is 1.75 bits per heavy atom. The van der Waals surface area contributed by atoms with Crippen LogP contribution in [0.5, 0.6) is 17.4 Å². The summed E-state index contributed by atoms with van der Waals surface area (Å²) in [6.07, 6.45) is 3.45. The quantitative estimate of drug-likeness (QED) is 0.232. The molecule has 4 aromatic rings. The van der Waals surface area contributed by atoms with E-state index in [1.807, 2.05) is 0 Å². The van der Waals surface area contributed by atoms with E-state index in [-0.39, 0.29) is 38.5 Å². The molecule has 0 radical (unpaired) electrons. The third-order valence-corrected chi connectivity index (χ3v) is 12.8. The zero-order valence-corrected chi connectivity index (χ0v) is 25.6. The van der Waals surface area contributed by atoms with Gasteiger partial charge in [0.1, 0.15) is 25.0 Å². The number of ether oxygens (including phenoxy) is 3. The fourth-order valence-electron chi connectivity index (χ4n) is 3.65. The van der Waals surface area contributed by atoms with Crippen LogP contribution in [0.4, 0.5) is 5.82 Å². The first kappa shape index (κ1) is 29.0. The lowest BCUT2D eigenvalue weighted by Gasteiger charge is -2.31. The van der Waals surface area contributed by atoms with E-state index in [9.17, 15) is 8.42 Å². The van der Waals surface area contributed by atoms with Gasteiger partial charge in [0.15, 0.2) is 16.3 Å².